The lowest BCUT2D eigenvalue weighted by Gasteiger charge is -2.20. The number of benzene rings is 2. The molecular weight excluding hydrogens is 264 g/mol. The molecule has 0 aliphatic heterocycles. The van der Waals surface area contributed by atoms with Gasteiger partial charge in [0.25, 0.3) is 0 Å². The Bertz CT molecular complexity index is 610. The van der Waals surface area contributed by atoms with Crippen LogP contribution in [-0.4, -0.2) is 11.1 Å². The molecule has 0 spiro atoms. The first-order valence-electron chi connectivity index (χ1n) is 7.04. The van der Waals surface area contributed by atoms with Gasteiger partial charge in [-0.25, -0.2) is 0 Å². The van der Waals surface area contributed by atoms with Crippen LogP contribution in [0, 0.1) is 5.41 Å². The van der Waals surface area contributed by atoms with Crippen molar-refractivity contribution in [3.8, 4) is 22.6 Å². The van der Waals surface area contributed by atoms with Gasteiger partial charge in [-0.2, -0.15) is 0 Å². The number of ether oxygens (including phenoxy) is 1. The predicted octanol–water partition coefficient (Wildman–Crippen LogP) is 4.40. The Morgan fingerprint density at radius 3 is 1.95 bits per heavy atom. The maximum Gasteiger partial charge on any atom is 0.316 e. The number of phenols is 1. The van der Waals surface area contributed by atoms with E-state index < -0.39 is 5.41 Å². The molecule has 0 heterocycles. The summed E-state index contributed by atoms with van der Waals surface area (Å²) in [6, 6.07) is 14.3. The Hall–Kier alpha value is -2.29. The topological polar surface area (TPSA) is 46.5 Å². The molecule has 1 N–H and O–H groups in total. The zero-order valence-corrected chi connectivity index (χ0v) is 12.6. The molecule has 0 saturated carbocycles. The average molecular weight is 284 g/mol. The molecule has 0 bridgehead atoms. The third kappa shape index (κ3) is 3.63. The van der Waals surface area contributed by atoms with Gasteiger partial charge < -0.3 is 9.84 Å². The molecule has 0 aromatic heterocycles. The Balaban J connectivity index is 2.12. The predicted molar refractivity (Wildman–Crippen MR) is 83.2 cm³/mol. The van der Waals surface area contributed by atoms with Gasteiger partial charge in [0, 0.05) is 0 Å². The summed E-state index contributed by atoms with van der Waals surface area (Å²) in [4.78, 5) is 12.0. The van der Waals surface area contributed by atoms with E-state index in [1.54, 1.807) is 24.3 Å². The highest BCUT2D eigenvalue weighted by Crippen LogP contribution is 2.26. The number of aromatic hydroxyl groups is 1. The number of hydrogen-bond donors (Lipinski definition) is 1. The van der Waals surface area contributed by atoms with Crippen LogP contribution < -0.4 is 4.74 Å². The largest absolute Gasteiger partial charge is 0.508 e. The number of hydrogen-bond acceptors (Lipinski definition) is 3. The van der Waals surface area contributed by atoms with Crippen LogP contribution in [-0.2, 0) is 4.79 Å². The number of esters is 1. The van der Waals surface area contributed by atoms with E-state index in [2.05, 4.69) is 0 Å². The molecule has 0 amide bonds. The molecule has 0 atom stereocenters. The fourth-order valence-electron chi connectivity index (χ4n) is 1.76. The van der Waals surface area contributed by atoms with E-state index in [4.69, 9.17) is 4.74 Å². The first-order valence-corrected chi connectivity index (χ1v) is 7.04. The van der Waals surface area contributed by atoms with Crippen LogP contribution in [0.1, 0.15) is 27.2 Å². The minimum atomic E-state index is -0.477. The second-order valence-corrected chi connectivity index (χ2v) is 5.70. The number of rotatable bonds is 4. The second-order valence-electron chi connectivity index (χ2n) is 5.70. The van der Waals surface area contributed by atoms with Gasteiger partial charge in [-0.1, -0.05) is 31.2 Å². The summed E-state index contributed by atoms with van der Waals surface area (Å²) in [7, 11) is 0. The molecule has 0 fully saturated rings. The van der Waals surface area contributed by atoms with Crippen LogP contribution in [0.2, 0.25) is 0 Å². The molecule has 2 aromatic rings. The van der Waals surface area contributed by atoms with Crippen LogP contribution in [0.5, 0.6) is 11.5 Å². The summed E-state index contributed by atoms with van der Waals surface area (Å²) < 4.78 is 5.40. The van der Waals surface area contributed by atoms with Crippen LogP contribution in [0.3, 0.4) is 0 Å². The molecule has 110 valence electrons. The quantitative estimate of drug-likeness (QED) is 0.668. The SMILES string of the molecule is CCC(C)(C)C(=O)Oc1ccc(-c2ccc(O)cc2)cc1. The third-order valence-corrected chi connectivity index (χ3v) is 3.70. The highest BCUT2D eigenvalue weighted by atomic mass is 16.5. The van der Waals surface area contributed by atoms with Crippen molar-refractivity contribution in [1.29, 1.82) is 0 Å². The molecule has 21 heavy (non-hydrogen) atoms. The van der Waals surface area contributed by atoms with Crippen LogP contribution >= 0.6 is 0 Å². The molecule has 0 saturated heterocycles. The second kappa shape index (κ2) is 6.00. The molecule has 0 aliphatic carbocycles. The summed E-state index contributed by atoms with van der Waals surface area (Å²) >= 11 is 0. The maximum atomic E-state index is 12.0. The highest BCUT2D eigenvalue weighted by Gasteiger charge is 2.27. The van der Waals surface area contributed by atoms with Gasteiger partial charge in [0.15, 0.2) is 0 Å². The summed E-state index contributed by atoms with van der Waals surface area (Å²) in [5, 5.41) is 9.29. The molecular formula is C18H20O3. The Kier molecular flexibility index (Phi) is 4.32. The first-order chi connectivity index (χ1) is 9.92. The molecule has 3 heteroatoms. The highest BCUT2D eigenvalue weighted by molar-refractivity contribution is 5.78. The summed E-state index contributed by atoms with van der Waals surface area (Å²) in [6.07, 6.45) is 0.734. The Labute approximate surface area is 125 Å². The van der Waals surface area contributed by atoms with Crippen molar-refractivity contribution >= 4 is 5.97 Å². The molecule has 3 nitrogen and oxygen atoms in total. The zero-order chi connectivity index (χ0) is 15.5. The van der Waals surface area contributed by atoms with Gasteiger partial charge in [-0.15, -0.1) is 0 Å². The summed E-state index contributed by atoms with van der Waals surface area (Å²) in [5.74, 6) is 0.567. The van der Waals surface area contributed by atoms with E-state index in [1.807, 2.05) is 45.0 Å². The minimum absolute atomic E-state index is 0.220. The van der Waals surface area contributed by atoms with Crippen molar-refractivity contribution in [2.75, 3.05) is 0 Å². The van der Waals surface area contributed by atoms with Crippen molar-refractivity contribution in [2.45, 2.75) is 27.2 Å². The average Bonchev–Trinajstić information content (AvgIpc) is 2.49. The molecule has 2 aromatic carbocycles. The van der Waals surface area contributed by atoms with E-state index >= 15 is 0 Å². The zero-order valence-electron chi connectivity index (χ0n) is 12.6. The number of phenolic OH excluding ortho intramolecular Hbond substituents is 1. The Morgan fingerprint density at radius 2 is 1.48 bits per heavy atom. The minimum Gasteiger partial charge on any atom is -0.508 e. The van der Waals surface area contributed by atoms with E-state index in [0.717, 1.165) is 17.5 Å². The standard InChI is InChI=1S/C18H20O3/c1-4-18(2,3)17(20)21-16-11-7-14(8-12-16)13-5-9-15(19)10-6-13/h5-12,19H,4H2,1-3H3. The van der Waals surface area contributed by atoms with Crippen molar-refractivity contribution in [1.82, 2.24) is 0 Å². The van der Waals surface area contributed by atoms with E-state index in [-0.39, 0.29) is 11.7 Å². The molecule has 2 rings (SSSR count). The van der Waals surface area contributed by atoms with Crippen molar-refractivity contribution in [3.05, 3.63) is 48.5 Å². The van der Waals surface area contributed by atoms with Crippen LogP contribution in [0.25, 0.3) is 11.1 Å². The normalized spacial score (nSPS) is 11.2. The number of carbonyl (C=O) groups is 1. The summed E-state index contributed by atoms with van der Waals surface area (Å²) in [5.41, 5.74) is 1.53. The van der Waals surface area contributed by atoms with Crippen molar-refractivity contribution in [3.63, 3.8) is 0 Å². The van der Waals surface area contributed by atoms with E-state index in [0.29, 0.717) is 5.75 Å². The van der Waals surface area contributed by atoms with Crippen molar-refractivity contribution in [2.24, 2.45) is 5.41 Å². The van der Waals surface area contributed by atoms with Gasteiger partial charge in [0.05, 0.1) is 5.41 Å². The molecule has 0 radical (unpaired) electrons. The fraction of sp³-hybridized carbons (Fsp3) is 0.278. The van der Waals surface area contributed by atoms with Crippen molar-refractivity contribution < 1.29 is 14.6 Å². The molecule has 0 aliphatic rings. The maximum absolute atomic E-state index is 12.0. The summed E-state index contributed by atoms with van der Waals surface area (Å²) in [6.45, 7) is 5.72. The fourth-order valence-corrected chi connectivity index (χ4v) is 1.76. The molecule has 0 unspecified atom stereocenters. The Morgan fingerprint density at radius 1 is 1.00 bits per heavy atom. The third-order valence-electron chi connectivity index (χ3n) is 3.70. The lowest BCUT2D eigenvalue weighted by molar-refractivity contribution is -0.144. The smallest absolute Gasteiger partial charge is 0.316 e. The van der Waals surface area contributed by atoms with Crippen LogP contribution in [0.15, 0.2) is 48.5 Å². The van der Waals surface area contributed by atoms with Gasteiger partial charge in [-0.3, -0.25) is 4.79 Å². The van der Waals surface area contributed by atoms with Gasteiger partial charge in [0.2, 0.25) is 0 Å². The van der Waals surface area contributed by atoms with Gasteiger partial charge in [-0.05, 0) is 55.7 Å². The number of carbonyl (C=O) groups excluding carboxylic acids is 1. The lowest BCUT2D eigenvalue weighted by Crippen LogP contribution is -2.28. The van der Waals surface area contributed by atoms with Gasteiger partial charge in [0.1, 0.15) is 11.5 Å². The lowest BCUT2D eigenvalue weighted by atomic mass is 9.91. The van der Waals surface area contributed by atoms with E-state index in [9.17, 15) is 9.90 Å². The van der Waals surface area contributed by atoms with Crippen LogP contribution in [0.4, 0.5) is 0 Å². The van der Waals surface area contributed by atoms with Gasteiger partial charge >= 0.3 is 5.97 Å². The first kappa shape index (κ1) is 15.1. The van der Waals surface area contributed by atoms with E-state index in [1.165, 1.54) is 0 Å². The monoisotopic (exact) mass is 284 g/mol.